The van der Waals surface area contributed by atoms with Crippen molar-refractivity contribution in [3.05, 3.63) is 65.5 Å². The Labute approximate surface area is 158 Å². The maximum absolute atomic E-state index is 13.1. The SMILES string of the molecule is C[C@H](C(=O)N1CCN(c2ccc(F)cc2)CC1)N1Cc2ccccc2C1=O. The summed E-state index contributed by atoms with van der Waals surface area (Å²) >= 11 is 0. The van der Waals surface area contributed by atoms with Crippen molar-refractivity contribution in [1.82, 2.24) is 9.80 Å². The van der Waals surface area contributed by atoms with Gasteiger partial charge in [-0.25, -0.2) is 4.39 Å². The van der Waals surface area contributed by atoms with Gasteiger partial charge in [0.15, 0.2) is 0 Å². The van der Waals surface area contributed by atoms with Gasteiger partial charge < -0.3 is 14.7 Å². The second-order valence-corrected chi connectivity index (χ2v) is 7.05. The molecule has 2 aromatic rings. The summed E-state index contributed by atoms with van der Waals surface area (Å²) in [6, 6.07) is 13.4. The van der Waals surface area contributed by atoms with E-state index in [1.807, 2.05) is 29.2 Å². The highest BCUT2D eigenvalue weighted by Crippen LogP contribution is 2.25. The predicted octanol–water partition coefficient (Wildman–Crippen LogP) is 2.52. The lowest BCUT2D eigenvalue weighted by atomic mass is 10.1. The number of halogens is 1. The molecular weight excluding hydrogens is 345 g/mol. The summed E-state index contributed by atoms with van der Waals surface area (Å²) in [7, 11) is 0. The molecule has 1 atom stereocenters. The third-order valence-electron chi connectivity index (χ3n) is 5.46. The van der Waals surface area contributed by atoms with Gasteiger partial charge in [0.05, 0.1) is 0 Å². The first kappa shape index (κ1) is 17.5. The molecule has 2 heterocycles. The number of hydrogen-bond acceptors (Lipinski definition) is 3. The molecule has 0 aliphatic carbocycles. The minimum absolute atomic E-state index is 0.0186. The lowest BCUT2D eigenvalue weighted by molar-refractivity contribution is -0.136. The average Bonchev–Trinajstić information content (AvgIpc) is 3.04. The van der Waals surface area contributed by atoms with Gasteiger partial charge in [0.25, 0.3) is 5.91 Å². The van der Waals surface area contributed by atoms with Crippen LogP contribution in [-0.2, 0) is 11.3 Å². The fourth-order valence-corrected chi connectivity index (χ4v) is 3.82. The van der Waals surface area contributed by atoms with Crippen LogP contribution in [0.25, 0.3) is 0 Å². The summed E-state index contributed by atoms with van der Waals surface area (Å²) in [4.78, 5) is 31.2. The van der Waals surface area contributed by atoms with Crippen LogP contribution in [0.4, 0.5) is 10.1 Å². The lowest BCUT2D eigenvalue weighted by Crippen LogP contribution is -2.54. The number of nitrogens with zero attached hydrogens (tertiary/aromatic N) is 3. The van der Waals surface area contributed by atoms with Crippen LogP contribution < -0.4 is 4.90 Å². The summed E-state index contributed by atoms with van der Waals surface area (Å²) < 4.78 is 13.1. The number of anilines is 1. The first-order valence-electron chi connectivity index (χ1n) is 9.23. The fraction of sp³-hybridized carbons (Fsp3) is 0.333. The van der Waals surface area contributed by atoms with E-state index in [9.17, 15) is 14.0 Å². The van der Waals surface area contributed by atoms with Gasteiger partial charge >= 0.3 is 0 Å². The van der Waals surface area contributed by atoms with Crippen LogP contribution in [0.3, 0.4) is 0 Å². The van der Waals surface area contributed by atoms with E-state index < -0.39 is 6.04 Å². The van der Waals surface area contributed by atoms with Gasteiger partial charge in [0, 0.05) is 44.0 Å². The quantitative estimate of drug-likeness (QED) is 0.837. The van der Waals surface area contributed by atoms with Crippen LogP contribution in [0.1, 0.15) is 22.8 Å². The van der Waals surface area contributed by atoms with Crippen molar-refractivity contribution in [3.8, 4) is 0 Å². The third-order valence-corrected chi connectivity index (χ3v) is 5.46. The molecule has 0 N–H and O–H groups in total. The molecule has 4 rings (SSSR count). The first-order chi connectivity index (χ1) is 13.0. The zero-order chi connectivity index (χ0) is 19.0. The van der Waals surface area contributed by atoms with E-state index in [-0.39, 0.29) is 17.6 Å². The molecule has 2 aliphatic heterocycles. The van der Waals surface area contributed by atoms with Crippen molar-refractivity contribution in [1.29, 1.82) is 0 Å². The number of piperazine rings is 1. The topological polar surface area (TPSA) is 43.9 Å². The van der Waals surface area contributed by atoms with Crippen molar-refractivity contribution in [2.75, 3.05) is 31.1 Å². The maximum Gasteiger partial charge on any atom is 0.255 e. The summed E-state index contributed by atoms with van der Waals surface area (Å²) in [5.74, 6) is -0.344. The molecule has 0 aromatic heterocycles. The van der Waals surface area contributed by atoms with Crippen molar-refractivity contribution >= 4 is 17.5 Å². The molecule has 0 unspecified atom stereocenters. The second-order valence-electron chi connectivity index (χ2n) is 7.05. The van der Waals surface area contributed by atoms with E-state index in [0.717, 1.165) is 11.3 Å². The molecule has 6 heteroatoms. The van der Waals surface area contributed by atoms with Crippen LogP contribution in [-0.4, -0.2) is 53.8 Å². The largest absolute Gasteiger partial charge is 0.368 e. The Hall–Kier alpha value is -2.89. The van der Waals surface area contributed by atoms with Crippen molar-refractivity contribution in [2.45, 2.75) is 19.5 Å². The highest BCUT2D eigenvalue weighted by molar-refractivity contribution is 6.01. The summed E-state index contributed by atoms with van der Waals surface area (Å²) in [6.07, 6.45) is 0. The number of fused-ring (bicyclic) bond motifs is 1. The van der Waals surface area contributed by atoms with Gasteiger partial charge in [-0.3, -0.25) is 9.59 Å². The Morgan fingerprint density at radius 1 is 1.00 bits per heavy atom. The van der Waals surface area contributed by atoms with E-state index in [0.29, 0.717) is 38.3 Å². The number of carbonyl (C=O) groups is 2. The lowest BCUT2D eigenvalue weighted by Gasteiger charge is -2.38. The summed E-state index contributed by atoms with van der Waals surface area (Å²) in [5, 5.41) is 0. The molecule has 2 aliphatic rings. The Bertz CT molecular complexity index is 860. The molecule has 2 aromatic carbocycles. The number of amides is 2. The smallest absolute Gasteiger partial charge is 0.255 e. The van der Waals surface area contributed by atoms with Crippen LogP contribution in [0.2, 0.25) is 0 Å². The summed E-state index contributed by atoms with van der Waals surface area (Å²) in [5.41, 5.74) is 2.63. The van der Waals surface area contributed by atoms with Crippen LogP contribution in [0.15, 0.2) is 48.5 Å². The number of hydrogen-bond donors (Lipinski definition) is 0. The zero-order valence-electron chi connectivity index (χ0n) is 15.3. The van der Waals surface area contributed by atoms with Crippen LogP contribution >= 0.6 is 0 Å². The maximum atomic E-state index is 13.1. The number of benzene rings is 2. The van der Waals surface area contributed by atoms with E-state index >= 15 is 0 Å². The molecule has 27 heavy (non-hydrogen) atoms. The average molecular weight is 367 g/mol. The van der Waals surface area contributed by atoms with Crippen molar-refractivity contribution in [2.24, 2.45) is 0 Å². The molecule has 0 saturated carbocycles. The Kier molecular flexibility index (Phi) is 4.56. The minimum atomic E-state index is -0.484. The second kappa shape index (κ2) is 7.02. The molecule has 140 valence electrons. The monoisotopic (exact) mass is 367 g/mol. The van der Waals surface area contributed by atoms with E-state index in [4.69, 9.17) is 0 Å². The summed E-state index contributed by atoms with van der Waals surface area (Å²) in [6.45, 7) is 4.86. The molecule has 1 saturated heterocycles. The molecule has 5 nitrogen and oxygen atoms in total. The standard InChI is InChI=1S/C21H22FN3O2/c1-15(25-14-16-4-2-3-5-19(16)21(25)27)20(26)24-12-10-23(11-13-24)18-8-6-17(22)7-9-18/h2-9,15H,10-14H2,1H3/t15-/m1/s1. The van der Waals surface area contributed by atoms with E-state index in [2.05, 4.69) is 4.90 Å². The fourth-order valence-electron chi connectivity index (χ4n) is 3.82. The normalized spacial score (nSPS) is 17.9. The molecule has 0 bridgehead atoms. The molecule has 1 fully saturated rings. The number of rotatable bonds is 3. The highest BCUT2D eigenvalue weighted by Gasteiger charge is 2.36. The van der Waals surface area contributed by atoms with Gasteiger partial charge in [-0.2, -0.15) is 0 Å². The van der Waals surface area contributed by atoms with E-state index in [1.165, 1.54) is 12.1 Å². The Morgan fingerprint density at radius 2 is 1.67 bits per heavy atom. The van der Waals surface area contributed by atoms with E-state index in [1.54, 1.807) is 24.0 Å². The molecule has 0 spiro atoms. The number of carbonyl (C=O) groups excluding carboxylic acids is 2. The van der Waals surface area contributed by atoms with Gasteiger partial charge in [-0.05, 0) is 42.8 Å². The molecular formula is C21H22FN3O2. The molecule has 2 amide bonds. The highest BCUT2D eigenvalue weighted by atomic mass is 19.1. The van der Waals surface area contributed by atoms with Gasteiger partial charge in [0.1, 0.15) is 11.9 Å². The molecule has 0 radical (unpaired) electrons. The van der Waals surface area contributed by atoms with Gasteiger partial charge in [-0.15, -0.1) is 0 Å². The third kappa shape index (κ3) is 3.27. The van der Waals surface area contributed by atoms with Gasteiger partial charge in [-0.1, -0.05) is 18.2 Å². The van der Waals surface area contributed by atoms with Crippen molar-refractivity contribution < 1.29 is 14.0 Å². The van der Waals surface area contributed by atoms with Crippen molar-refractivity contribution in [3.63, 3.8) is 0 Å². The minimum Gasteiger partial charge on any atom is -0.368 e. The Morgan fingerprint density at radius 3 is 2.33 bits per heavy atom. The Balaban J connectivity index is 1.38. The predicted molar refractivity (Wildman–Crippen MR) is 101 cm³/mol. The zero-order valence-corrected chi connectivity index (χ0v) is 15.3. The van der Waals surface area contributed by atoms with Crippen LogP contribution in [0, 0.1) is 5.82 Å². The van der Waals surface area contributed by atoms with Gasteiger partial charge in [0.2, 0.25) is 5.91 Å². The van der Waals surface area contributed by atoms with Crippen LogP contribution in [0.5, 0.6) is 0 Å². The first-order valence-corrected chi connectivity index (χ1v) is 9.23.